The number of hydrogen-bond acceptors (Lipinski definition) is 6. The first-order valence-electron chi connectivity index (χ1n) is 8.58. The second-order valence-electron chi connectivity index (χ2n) is 6.02. The molecule has 1 aromatic carbocycles. The van der Waals surface area contributed by atoms with Crippen molar-refractivity contribution in [1.29, 1.82) is 0 Å². The molecule has 0 aliphatic heterocycles. The van der Waals surface area contributed by atoms with E-state index in [9.17, 15) is 14.4 Å². The van der Waals surface area contributed by atoms with Gasteiger partial charge in [0, 0.05) is 35.9 Å². The zero-order valence-corrected chi connectivity index (χ0v) is 15.2. The van der Waals surface area contributed by atoms with Crippen LogP contribution in [0.5, 0.6) is 0 Å². The summed E-state index contributed by atoms with van der Waals surface area (Å²) in [6.45, 7) is -0.511. The molecule has 0 spiro atoms. The molecule has 0 saturated carbocycles. The predicted octanol–water partition coefficient (Wildman–Crippen LogP) is 1.62. The molecule has 2 heterocycles. The zero-order chi connectivity index (χ0) is 19.9. The lowest BCUT2D eigenvalue weighted by atomic mass is 10.0. The van der Waals surface area contributed by atoms with Gasteiger partial charge in [-0.25, -0.2) is 9.59 Å². The maximum absolute atomic E-state index is 12.2. The molecule has 2 aromatic heterocycles. The standard InChI is InChI=1S/C20H19N3O5/c1-27-20(26)17(10-14-11-22-16-5-3-2-4-15(14)16)23-18(24)12-28-19(25)13-6-8-21-9-7-13/h2-9,11,17,22H,10,12H2,1H3,(H,23,24)/t17-/m0/s1. The lowest BCUT2D eigenvalue weighted by molar-refractivity contribution is -0.145. The molecule has 0 aliphatic carbocycles. The molecule has 8 heteroatoms. The van der Waals surface area contributed by atoms with E-state index in [-0.39, 0.29) is 12.0 Å². The molecule has 8 nitrogen and oxygen atoms in total. The van der Waals surface area contributed by atoms with Crippen LogP contribution in [0.2, 0.25) is 0 Å². The van der Waals surface area contributed by atoms with Crippen molar-refractivity contribution in [2.45, 2.75) is 12.5 Å². The van der Waals surface area contributed by atoms with Crippen LogP contribution < -0.4 is 5.32 Å². The van der Waals surface area contributed by atoms with Crippen molar-refractivity contribution in [3.63, 3.8) is 0 Å². The molecule has 1 atom stereocenters. The van der Waals surface area contributed by atoms with Crippen molar-refractivity contribution in [3.05, 3.63) is 66.1 Å². The van der Waals surface area contributed by atoms with Gasteiger partial charge in [0.1, 0.15) is 6.04 Å². The number of carbonyl (C=O) groups is 3. The van der Waals surface area contributed by atoms with Crippen LogP contribution in [0.3, 0.4) is 0 Å². The second kappa shape index (κ2) is 8.81. The Morgan fingerprint density at radius 3 is 2.64 bits per heavy atom. The Bertz CT molecular complexity index is 984. The summed E-state index contributed by atoms with van der Waals surface area (Å²) in [5.41, 5.74) is 2.07. The summed E-state index contributed by atoms with van der Waals surface area (Å²) in [7, 11) is 1.25. The van der Waals surface area contributed by atoms with Crippen molar-refractivity contribution in [1.82, 2.24) is 15.3 Å². The van der Waals surface area contributed by atoms with Crippen LogP contribution in [0.1, 0.15) is 15.9 Å². The highest BCUT2D eigenvalue weighted by Crippen LogP contribution is 2.19. The molecule has 28 heavy (non-hydrogen) atoms. The molecule has 0 unspecified atom stereocenters. The maximum atomic E-state index is 12.2. The monoisotopic (exact) mass is 381 g/mol. The zero-order valence-electron chi connectivity index (χ0n) is 15.2. The van der Waals surface area contributed by atoms with Crippen LogP contribution in [0, 0.1) is 0 Å². The van der Waals surface area contributed by atoms with E-state index in [2.05, 4.69) is 15.3 Å². The molecule has 3 rings (SSSR count). The fourth-order valence-corrected chi connectivity index (χ4v) is 2.79. The lowest BCUT2D eigenvalue weighted by Gasteiger charge is -2.16. The molecule has 144 valence electrons. The first-order chi connectivity index (χ1) is 13.6. The van der Waals surface area contributed by atoms with Crippen molar-refractivity contribution >= 4 is 28.7 Å². The fourth-order valence-electron chi connectivity index (χ4n) is 2.79. The third-order valence-electron chi connectivity index (χ3n) is 4.17. The number of carbonyl (C=O) groups excluding carboxylic acids is 3. The molecular formula is C20H19N3O5. The number of para-hydroxylation sites is 1. The number of nitrogens with zero attached hydrogens (tertiary/aromatic N) is 1. The van der Waals surface area contributed by atoms with Crippen LogP contribution >= 0.6 is 0 Å². The number of fused-ring (bicyclic) bond motifs is 1. The number of esters is 2. The number of nitrogens with one attached hydrogen (secondary N) is 2. The molecule has 3 aromatic rings. The number of hydrogen-bond donors (Lipinski definition) is 2. The van der Waals surface area contributed by atoms with Gasteiger partial charge in [-0.2, -0.15) is 0 Å². The number of amides is 1. The maximum Gasteiger partial charge on any atom is 0.338 e. The van der Waals surface area contributed by atoms with Crippen LogP contribution in [0.4, 0.5) is 0 Å². The number of ether oxygens (including phenoxy) is 2. The van der Waals surface area contributed by atoms with Crippen LogP contribution in [-0.4, -0.2) is 47.6 Å². The van der Waals surface area contributed by atoms with Gasteiger partial charge >= 0.3 is 11.9 Å². The fraction of sp³-hybridized carbons (Fsp3) is 0.200. The molecular weight excluding hydrogens is 362 g/mol. The van der Waals surface area contributed by atoms with Gasteiger partial charge in [-0.05, 0) is 23.8 Å². The van der Waals surface area contributed by atoms with Crippen molar-refractivity contribution in [2.75, 3.05) is 13.7 Å². The Kier molecular flexibility index (Phi) is 6.01. The lowest BCUT2D eigenvalue weighted by Crippen LogP contribution is -2.44. The minimum atomic E-state index is -0.906. The van der Waals surface area contributed by atoms with Gasteiger partial charge in [-0.15, -0.1) is 0 Å². The van der Waals surface area contributed by atoms with Gasteiger partial charge in [0.2, 0.25) is 0 Å². The Morgan fingerprint density at radius 2 is 1.89 bits per heavy atom. The van der Waals surface area contributed by atoms with Crippen LogP contribution in [-0.2, 0) is 25.5 Å². The number of methoxy groups -OCH3 is 1. The number of aromatic amines is 1. The number of pyridine rings is 1. The van der Waals surface area contributed by atoms with Crippen molar-refractivity contribution in [3.8, 4) is 0 Å². The number of aromatic nitrogens is 2. The summed E-state index contributed by atoms with van der Waals surface area (Å²) < 4.78 is 9.76. The Balaban J connectivity index is 1.63. The highest BCUT2D eigenvalue weighted by molar-refractivity contribution is 5.92. The minimum Gasteiger partial charge on any atom is -0.467 e. The molecule has 1 amide bonds. The molecule has 0 saturated heterocycles. The van der Waals surface area contributed by atoms with Crippen LogP contribution in [0.15, 0.2) is 55.0 Å². The van der Waals surface area contributed by atoms with Crippen LogP contribution in [0.25, 0.3) is 10.9 Å². The summed E-state index contributed by atoms with van der Waals surface area (Å²) in [5.74, 6) is -1.83. The van der Waals surface area contributed by atoms with Gasteiger partial charge in [0.25, 0.3) is 5.91 Å². The van der Waals surface area contributed by atoms with Gasteiger partial charge in [0.05, 0.1) is 12.7 Å². The summed E-state index contributed by atoms with van der Waals surface area (Å²) >= 11 is 0. The topological polar surface area (TPSA) is 110 Å². The largest absolute Gasteiger partial charge is 0.467 e. The highest BCUT2D eigenvalue weighted by Gasteiger charge is 2.24. The number of H-pyrrole nitrogens is 1. The Morgan fingerprint density at radius 1 is 1.14 bits per heavy atom. The molecule has 2 N–H and O–H groups in total. The average molecular weight is 381 g/mol. The van der Waals surface area contributed by atoms with Gasteiger partial charge in [-0.3, -0.25) is 9.78 Å². The van der Waals surface area contributed by atoms with Crippen molar-refractivity contribution < 1.29 is 23.9 Å². The summed E-state index contributed by atoms with van der Waals surface area (Å²) in [6.07, 6.45) is 4.92. The SMILES string of the molecule is COC(=O)[C@H](Cc1c[nH]c2ccccc12)NC(=O)COC(=O)c1ccncc1. The number of benzene rings is 1. The van der Waals surface area contributed by atoms with E-state index in [4.69, 9.17) is 9.47 Å². The van der Waals surface area contributed by atoms with E-state index in [0.29, 0.717) is 0 Å². The van der Waals surface area contributed by atoms with Gasteiger partial charge in [0.15, 0.2) is 6.61 Å². The molecule has 0 radical (unpaired) electrons. The molecule has 0 bridgehead atoms. The minimum absolute atomic E-state index is 0.237. The first-order valence-corrected chi connectivity index (χ1v) is 8.58. The van der Waals surface area contributed by atoms with E-state index in [0.717, 1.165) is 16.5 Å². The van der Waals surface area contributed by atoms with E-state index in [1.165, 1.54) is 31.6 Å². The smallest absolute Gasteiger partial charge is 0.338 e. The average Bonchev–Trinajstić information content (AvgIpc) is 3.14. The molecule has 0 aliphatic rings. The van der Waals surface area contributed by atoms with E-state index >= 15 is 0 Å². The normalized spacial score (nSPS) is 11.6. The molecule has 0 fully saturated rings. The second-order valence-corrected chi connectivity index (χ2v) is 6.02. The van der Waals surface area contributed by atoms with Gasteiger partial charge in [-0.1, -0.05) is 18.2 Å². The van der Waals surface area contributed by atoms with E-state index in [1.807, 2.05) is 24.3 Å². The summed E-state index contributed by atoms with van der Waals surface area (Å²) in [4.78, 5) is 43.1. The summed E-state index contributed by atoms with van der Waals surface area (Å²) in [5, 5.41) is 3.51. The van der Waals surface area contributed by atoms with Gasteiger partial charge < -0.3 is 19.8 Å². The first kappa shape index (κ1) is 19.1. The van der Waals surface area contributed by atoms with Crippen molar-refractivity contribution in [2.24, 2.45) is 0 Å². The van der Waals surface area contributed by atoms with E-state index in [1.54, 1.807) is 6.20 Å². The quantitative estimate of drug-likeness (QED) is 0.602. The third-order valence-corrected chi connectivity index (χ3v) is 4.17. The van der Waals surface area contributed by atoms with E-state index < -0.39 is 30.5 Å². The number of rotatable bonds is 7. The Hall–Kier alpha value is -3.68. The summed E-state index contributed by atoms with van der Waals surface area (Å²) in [6, 6.07) is 9.69. The predicted molar refractivity (Wildman–Crippen MR) is 100 cm³/mol. The third kappa shape index (κ3) is 4.53. The highest BCUT2D eigenvalue weighted by atomic mass is 16.5. The Labute approximate surface area is 160 Å².